The summed E-state index contributed by atoms with van der Waals surface area (Å²) < 4.78 is 5.42. The molecule has 0 bridgehead atoms. The number of nitrogens with zero attached hydrogens (tertiary/aromatic N) is 3. The van der Waals surface area contributed by atoms with Gasteiger partial charge in [0.1, 0.15) is 11.3 Å². The van der Waals surface area contributed by atoms with E-state index in [-0.39, 0.29) is 12.0 Å². The molecule has 1 aliphatic heterocycles. The second kappa shape index (κ2) is 6.54. The Bertz CT molecular complexity index is 779. The number of hydrogen-bond donors (Lipinski definition) is 2. The summed E-state index contributed by atoms with van der Waals surface area (Å²) in [4.78, 5) is 30.2. The Labute approximate surface area is 145 Å². The van der Waals surface area contributed by atoms with Gasteiger partial charge in [0, 0.05) is 30.4 Å². The summed E-state index contributed by atoms with van der Waals surface area (Å²) in [6.45, 7) is 6.36. The van der Waals surface area contributed by atoms with Gasteiger partial charge in [0.15, 0.2) is 5.82 Å². The SMILES string of the molecule is CC(C)(C)OC(=O)N1CCc2[nH]nc(NC(=O)c3ccccn3)c2C1. The first-order valence-electron chi connectivity index (χ1n) is 8.10. The van der Waals surface area contributed by atoms with Gasteiger partial charge >= 0.3 is 6.09 Å². The summed E-state index contributed by atoms with van der Waals surface area (Å²) in [5.41, 5.74) is 1.46. The van der Waals surface area contributed by atoms with Gasteiger partial charge in [0.2, 0.25) is 0 Å². The highest BCUT2D eigenvalue weighted by Crippen LogP contribution is 2.25. The van der Waals surface area contributed by atoms with E-state index in [1.807, 2.05) is 20.8 Å². The molecule has 0 saturated heterocycles. The third kappa shape index (κ3) is 3.96. The van der Waals surface area contributed by atoms with E-state index in [1.54, 1.807) is 29.3 Å². The zero-order valence-electron chi connectivity index (χ0n) is 14.5. The molecule has 2 amide bonds. The fourth-order valence-corrected chi connectivity index (χ4v) is 2.55. The highest BCUT2D eigenvalue weighted by Gasteiger charge is 2.29. The highest BCUT2D eigenvalue weighted by molar-refractivity contribution is 6.02. The molecule has 1 aliphatic rings. The zero-order chi connectivity index (χ0) is 18.0. The van der Waals surface area contributed by atoms with E-state index in [1.165, 1.54) is 0 Å². The van der Waals surface area contributed by atoms with Crippen molar-refractivity contribution in [3.63, 3.8) is 0 Å². The number of pyridine rings is 1. The van der Waals surface area contributed by atoms with Crippen LogP contribution in [0.5, 0.6) is 0 Å². The third-order valence-electron chi connectivity index (χ3n) is 3.71. The Kier molecular flexibility index (Phi) is 4.43. The lowest BCUT2D eigenvalue weighted by molar-refractivity contribution is 0.0224. The molecule has 25 heavy (non-hydrogen) atoms. The number of nitrogens with one attached hydrogen (secondary N) is 2. The first-order chi connectivity index (χ1) is 11.8. The van der Waals surface area contributed by atoms with Gasteiger partial charge in [0.05, 0.1) is 6.54 Å². The molecular weight excluding hydrogens is 322 g/mol. The molecule has 0 spiro atoms. The topological polar surface area (TPSA) is 100 Å². The first kappa shape index (κ1) is 16.9. The van der Waals surface area contributed by atoms with Crippen molar-refractivity contribution >= 4 is 17.8 Å². The van der Waals surface area contributed by atoms with Crippen LogP contribution in [0.25, 0.3) is 0 Å². The number of ether oxygens (including phenoxy) is 1. The van der Waals surface area contributed by atoms with Crippen LogP contribution in [0.2, 0.25) is 0 Å². The molecule has 2 N–H and O–H groups in total. The molecule has 0 saturated carbocycles. The van der Waals surface area contributed by atoms with Crippen LogP contribution in [0.1, 0.15) is 42.5 Å². The molecule has 8 nitrogen and oxygen atoms in total. The largest absolute Gasteiger partial charge is 0.444 e. The van der Waals surface area contributed by atoms with Gasteiger partial charge in [-0.15, -0.1) is 0 Å². The van der Waals surface area contributed by atoms with Gasteiger partial charge in [-0.25, -0.2) is 4.79 Å². The fourth-order valence-electron chi connectivity index (χ4n) is 2.55. The molecule has 8 heteroatoms. The Hall–Kier alpha value is -2.90. The quantitative estimate of drug-likeness (QED) is 0.872. The Morgan fingerprint density at radius 3 is 2.80 bits per heavy atom. The zero-order valence-corrected chi connectivity index (χ0v) is 14.5. The maximum absolute atomic E-state index is 12.3. The molecule has 0 fully saturated rings. The van der Waals surface area contributed by atoms with E-state index in [2.05, 4.69) is 20.5 Å². The lowest BCUT2D eigenvalue weighted by Crippen LogP contribution is -2.40. The maximum Gasteiger partial charge on any atom is 0.410 e. The van der Waals surface area contributed by atoms with Crippen molar-refractivity contribution in [3.8, 4) is 0 Å². The van der Waals surface area contributed by atoms with E-state index >= 15 is 0 Å². The number of fused-ring (bicyclic) bond motifs is 1. The summed E-state index contributed by atoms with van der Waals surface area (Å²) in [5, 5.41) is 9.85. The van der Waals surface area contributed by atoms with Crippen molar-refractivity contribution in [1.29, 1.82) is 0 Å². The fraction of sp³-hybridized carbons (Fsp3) is 0.412. The minimum Gasteiger partial charge on any atom is -0.444 e. The van der Waals surface area contributed by atoms with Crippen molar-refractivity contribution in [3.05, 3.63) is 41.3 Å². The lowest BCUT2D eigenvalue weighted by Gasteiger charge is -2.30. The molecule has 3 heterocycles. The van der Waals surface area contributed by atoms with E-state index in [0.29, 0.717) is 31.0 Å². The lowest BCUT2D eigenvalue weighted by atomic mass is 10.1. The average molecular weight is 343 g/mol. The van der Waals surface area contributed by atoms with Gasteiger partial charge in [-0.05, 0) is 32.9 Å². The molecular formula is C17H21N5O3. The Morgan fingerprint density at radius 2 is 2.12 bits per heavy atom. The predicted molar refractivity (Wildman–Crippen MR) is 91.1 cm³/mol. The van der Waals surface area contributed by atoms with Gasteiger partial charge in [-0.1, -0.05) is 6.07 Å². The smallest absolute Gasteiger partial charge is 0.410 e. The number of anilines is 1. The van der Waals surface area contributed by atoms with Crippen molar-refractivity contribution in [2.24, 2.45) is 0 Å². The number of aromatic nitrogens is 3. The number of carbonyl (C=O) groups excluding carboxylic acids is 2. The van der Waals surface area contributed by atoms with Crippen LogP contribution < -0.4 is 5.32 Å². The number of amides is 2. The molecule has 0 aliphatic carbocycles. The number of H-pyrrole nitrogens is 1. The molecule has 0 atom stereocenters. The Morgan fingerprint density at radius 1 is 1.32 bits per heavy atom. The first-order valence-corrected chi connectivity index (χ1v) is 8.10. The van der Waals surface area contributed by atoms with Gasteiger partial charge < -0.3 is 15.0 Å². The minimum absolute atomic E-state index is 0.305. The van der Waals surface area contributed by atoms with Crippen molar-refractivity contribution in [1.82, 2.24) is 20.1 Å². The standard InChI is InChI=1S/C17H21N5O3/c1-17(2,3)25-16(24)22-9-7-12-11(10-22)14(21-20-12)19-15(23)13-6-4-5-8-18-13/h4-6,8H,7,9-10H2,1-3H3,(H2,19,20,21,23). The Balaban J connectivity index is 1.73. The second-order valence-electron chi connectivity index (χ2n) is 6.85. The summed E-state index contributed by atoms with van der Waals surface area (Å²) in [5.74, 6) is 0.0724. The minimum atomic E-state index is -0.552. The summed E-state index contributed by atoms with van der Waals surface area (Å²) in [7, 11) is 0. The maximum atomic E-state index is 12.3. The van der Waals surface area contributed by atoms with Crippen LogP contribution in [0.4, 0.5) is 10.6 Å². The number of hydrogen-bond acceptors (Lipinski definition) is 5. The normalized spacial score (nSPS) is 14.0. The summed E-state index contributed by atoms with van der Waals surface area (Å²) >= 11 is 0. The molecule has 2 aromatic rings. The van der Waals surface area contributed by atoms with Crippen LogP contribution in [0, 0.1) is 0 Å². The van der Waals surface area contributed by atoms with E-state index in [0.717, 1.165) is 11.3 Å². The predicted octanol–water partition coefficient (Wildman–Crippen LogP) is 2.35. The third-order valence-corrected chi connectivity index (χ3v) is 3.71. The van der Waals surface area contributed by atoms with Crippen LogP contribution in [0.3, 0.4) is 0 Å². The molecule has 2 aromatic heterocycles. The van der Waals surface area contributed by atoms with Crippen molar-refractivity contribution in [2.45, 2.75) is 39.3 Å². The number of rotatable bonds is 2. The molecule has 132 valence electrons. The highest BCUT2D eigenvalue weighted by atomic mass is 16.6. The van der Waals surface area contributed by atoms with Gasteiger partial charge in [-0.2, -0.15) is 5.10 Å². The molecule has 0 radical (unpaired) electrons. The van der Waals surface area contributed by atoms with Crippen LogP contribution in [0.15, 0.2) is 24.4 Å². The van der Waals surface area contributed by atoms with Crippen molar-refractivity contribution in [2.75, 3.05) is 11.9 Å². The van der Waals surface area contributed by atoms with Gasteiger partial charge in [-0.3, -0.25) is 14.9 Å². The van der Waals surface area contributed by atoms with Crippen LogP contribution in [-0.4, -0.2) is 44.2 Å². The summed E-state index contributed by atoms with van der Waals surface area (Å²) in [6, 6.07) is 5.11. The average Bonchev–Trinajstić information content (AvgIpc) is 2.96. The van der Waals surface area contributed by atoms with E-state index < -0.39 is 5.60 Å². The second-order valence-corrected chi connectivity index (χ2v) is 6.85. The van der Waals surface area contributed by atoms with Gasteiger partial charge in [0.25, 0.3) is 5.91 Å². The van der Waals surface area contributed by atoms with E-state index in [4.69, 9.17) is 4.74 Å². The number of aromatic amines is 1. The van der Waals surface area contributed by atoms with Crippen LogP contribution >= 0.6 is 0 Å². The molecule has 0 unspecified atom stereocenters. The van der Waals surface area contributed by atoms with Crippen LogP contribution in [-0.2, 0) is 17.7 Å². The molecule has 0 aromatic carbocycles. The molecule has 3 rings (SSSR count). The van der Waals surface area contributed by atoms with E-state index in [9.17, 15) is 9.59 Å². The summed E-state index contributed by atoms with van der Waals surface area (Å²) in [6.07, 6.45) is 1.81. The van der Waals surface area contributed by atoms with Crippen molar-refractivity contribution < 1.29 is 14.3 Å². The number of carbonyl (C=O) groups is 2. The monoisotopic (exact) mass is 343 g/mol.